The van der Waals surface area contributed by atoms with E-state index in [2.05, 4.69) is 24.3 Å². The van der Waals surface area contributed by atoms with E-state index in [1.165, 1.54) is 12.8 Å². The minimum absolute atomic E-state index is 0.595. The quantitative estimate of drug-likeness (QED) is 0.709. The van der Waals surface area contributed by atoms with E-state index >= 15 is 0 Å². The van der Waals surface area contributed by atoms with Gasteiger partial charge in [-0.25, -0.2) is 8.57 Å². The second kappa shape index (κ2) is 4.47. The maximum Gasteiger partial charge on any atom is 0.0648 e. The molecule has 0 aromatic heterocycles. The summed E-state index contributed by atoms with van der Waals surface area (Å²) in [6, 6.07) is 0. The van der Waals surface area contributed by atoms with Crippen LogP contribution in [0.15, 0.2) is 15.8 Å². The van der Waals surface area contributed by atoms with Crippen molar-refractivity contribution < 1.29 is 4.21 Å². The Morgan fingerprint density at radius 3 is 2.36 bits per heavy atom. The van der Waals surface area contributed by atoms with Gasteiger partial charge in [0, 0.05) is 18.7 Å². The first-order valence-electron chi connectivity index (χ1n) is 5.24. The molecule has 0 bridgehead atoms. The SMILES string of the molecule is CN=S(C)(=O)/C=C\C(C(C)C)C1CC1. The third kappa shape index (κ3) is 3.45. The molecule has 0 amide bonds. The van der Waals surface area contributed by atoms with Gasteiger partial charge in [-0.05, 0) is 30.6 Å². The van der Waals surface area contributed by atoms with E-state index in [1.54, 1.807) is 18.7 Å². The molecular weight excluding hydrogens is 194 g/mol. The molecule has 2 unspecified atom stereocenters. The zero-order valence-corrected chi connectivity index (χ0v) is 10.4. The molecule has 1 saturated carbocycles. The summed E-state index contributed by atoms with van der Waals surface area (Å²) in [6.45, 7) is 4.46. The largest absolute Gasteiger partial charge is 0.246 e. The lowest BCUT2D eigenvalue weighted by molar-refractivity contribution is 0.417. The average molecular weight is 215 g/mol. The highest BCUT2D eigenvalue weighted by Gasteiger charge is 2.31. The molecular formula is C11H21NOS. The third-order valence-corrected chi connectivity index (χ3v) is 4.24. The van der Waals surface area contributed by atoms with E-state index in [9.17, 15) is 4.21 Å². The lowest BCUT2D eigenvalue weighted by atomic mass is 9.91. The maximum atomic E-state index is 11.7. The first kappa shape index (κ1) is 11.8. The Labute approximate surface area is 88.0 Å². The Morgan fingerprint density at radius 1 is 1.43 bits per heavy atom. The van der Waals surface area contributed by atoms with Crippen molar-refractivity contribution in [2.45, 2.75) is 26.7 Å². The summed E-state index contributed by atoms with van der Waals surface area (Å²) in [7, 11) is -0.440. The Hall–Kier alpha value is -0.310. The summed E-state index contributed by atoms with van der Waals surface area (Å²) in [6.07, 6.45) is 6.48. The molecule has 1 aliphatic rings. The summed E-state index contributed by atoms with van der Waals surface area (Å²) in [5, 5.41) is 1.80. The number of nitrogens with zero attached hydrogens (tertiary/aromatic N) is 1. The molecule has 14 heavy (non-hydrogen) atoms. The summed E-state index contributed by atoms with van der Waals surface area (Å²) in [4.78, 5) is 0. The van der Waals surface area contributed by atoms with Crippen molar-refractivity contribution in [3.05, 3.63) is 11.5 Å². The number of hydrogen-bond acceptors (Lipinski definition) is 2. The Balaban J connectivity index is 2.69. The van der Waals surface area contributed by atoms with E-state index in [1.807, 2.05) is 0 Å². The summed E-state index contributed by atoms with van der Waals surface area (Å²) in [5.41, 5.74) is 0. The van der Waals surface area contributed by atoms with Gasteiger partial charge in [0.1, 0.15) is 0 Å². The van der Waals surface area contributed by atoms with E-state index in [-0.39, 0.29) is 0 Å². The summed E-state index contributed by atoms with van der Waals surface area (Å²) < 4.78 is 15.5. The van der Waals surface area contributed by atoms with Crippen LogP contribution in [0.1, 0.15) is 26.7 Å². The van der Waals surface area contributed by atoms with Crippen LogP contribution in [0.3, 0.4) is 0 Å². The number of allylic oxidation sites excluding steroid dienone is 1. The van der Waals surface area contributed by atoms with E-state index in [0.29, 0.717) is 11.8 Å². The second-order valence-corrected chi connectivity index (χ2v) is 6.89. The van der Waals surface area contributed by atoms with Gasteiger partial charge in [-0.3, -0.25) is 0 Å². The fourth-order valence-corrected chi connectivity index (χ4v) is 2.30. The van der Waals surface area contributed by atoms with Gasteiger partial charge in [0.2, 0.25) is 0 Å². The Bertz CT molecular complexity index is 318. The Kier molecular flexibility index (Phi) is 3.76. The van der Waals surface area contributed by atoms with Crippen LogP contribution in [0.4, 0.5) is 0 Å². The summed E-state index contributed by atoms with van der Waals surface area (Å²) >= 11 is 0. The molecule has 1 rings (SSSR count). The average Bonchev–Trinajstić information content (AvgIpc) is 2.88. The van der Waals surface area contributed by atoms with E-state index < -0.39 is 9.73 Å². The highest BCUT2D eigenvalue weighted by molar-refractivity contribution is 7.95. The van der Waals surface area contributed by atoms with Crippen LogP contribution in [0.5, 0.6) is 0 Å². The molecule has 2 nitrogen and oxygen atoms in total. The van der Waals surface area contributed by atoms with Crippen molar-refractivity contribution in [2.24, 2.45) is 22.1 Å². The molecule has 0 aliphatic heterocycles. The smallest absolute Gasteiger partial charge is 0.0648 e. The van der Waals surface area contributed by atoms with Crippen LogP contribution in [-0.4, -0.2) is 17.5 Å². The van der Waals surface area contributed by atoms with Crippen LogP contribution >= 0.6 is 0 Å². The molecule has 0 aromatic rings. The van der Waals surface area contributed by atoms with Gasteiger partial charge in [-0.15, -0.1) is 0 Å². The van der Waals surface area contributed by atoms with Gasteiger partial charge in [0.05, 0.1) is 9.73 Å². The molecule has 0 N–H and O–H groups in total. The number of rotatable bonds is 4. The van der Waals surface area contributed by atoms with Gasteiger partial charge >= 0.3 is 0 Å². The fourth-order valence-electron chi connectivity index (χ4n) is 1.70. The van der Waals surface area contributed by atoms with Crippen molar-refractivity contribution in [1.29, 1.82) is 0 Å². The van der Waals surface area contributed by atoms with Crippen LogP contribution in [0.2, 0.25) is 0 Å². The minimum Gasteiger partial charge on any atom is -0.246 e. The van der Waals surface area contributed by atoms with Gasteiger partial charge in [0.15, 0.2) is 0 Å². The predicted molar refractivity (Wildman–Crippen MR) is 62.6 cm³/mol. The maximum absolute atomic E-state index is 11.7. The highest BCUT2D eigenvalue weighted by atomic mass is 32.2. The normalized spacial score (nSPS) is 23.8. The molecule has 3 heteroatoms. The standard InChI is InChI=1S/C11H21NOS/c1-9(2)11(10-5-6-10)7-8-14(4,13)12-3/h7-11H,5-6H2,1-4H3/b8-7-. The highest BCUT2D eigenvalue weighted by Crippen LogP contribution is 2.41. The predicted octanol–water partition coefficient (Wildman–Crippen LogP) is 2.91. The first-order chi connectivity index (χ1) is 6.46. The molecule has 82 valence electrons. The van der Waals surface area contributed by atoms with Crippen molar-refractivity contribution >= 4 is 9.73 Å². The summed E-state index contributed by atoms with van der Waals surface area (Å²) in [5.74, 6) is 2.07. The molecule has 0 spiro atoms. The molecule has 0 saturated heterocycles. The van der Waals surface area contributed by atoms with E-state index in [0.717, 1.165) is 5.92 Å². The van der Waals surface area contributed by atoms with Crippen molar-refractivity contribution in [2.75, 3.05) is 13.3 Å². The minimum atomic E-state index is -2.06. The van der Waals surface area contributed by atoms with Crippen LogP contribution in [-0.2, 0) is 9.73 Å². The van der Waals surface area contributed by atoms with Crippen molar-refractivity contribution in [1.82, 2.24) is 0 Å². The van der Waals surface area contributed by atoms with Crippen LogP contribution < -0.4 is 0 Å². The molecule has 0 radical (unpaired) electrons. The van der Waals surface area contributed by atoms with Crippen molar-refractivity contribution in [3.63, 3.8) is 0 Å². The van der Waals surface area contributed by atoms with Gasteiger partial charge in [-0.2, -0.15) is 0 Å². The van der Waals surface area contributed by atoms with Gasteiger partial charge in [-0.1, -0.05) is 19.9 Å². The van der Waals surface area contributed by atoms with Crippen LogP contribution in [0.25, 0.3) is 0 Å². The molecule has 1 aliphatic carbocycles. The Morgan fingerprint density at radius 2 is 2.00 bits per heavy atom. The number of hydrogen-bond donors (Lipinski definition) is 0. The lowest BCUT2D eigenvalue weighted by Gasteiger charge is -2.15. The van der Waals surface area contributed by atoms with Gasteiger partial charge in [0.25, 0.3) is 0 Å². The zero-order valence-electron chi connectivity index (χ0n) is 9.56. The molecule has 1 fully saturated rings. The van der Waals surface area contributed by atoms with Crippen molar-refractivity contribution in [3.8, 4) is 0 Å². The zero-order chi connectivity index (χ0) is 10.8. The van der Waals surface area contributed by atoms with E-state index in [4.69, 9.17) is 0 Å². The second-order valence-electron chi connectivity index (χ2n) is 4.53. The molecule has 2 atom stereocenters. The molecule has 0 heterocycles. The molecule has 0 aromatic carbocycles. The van der Waals surface area contributed by atoms with Gasteiger partial charge < -0.3 is 0 Å². The lowest BCUT2D eigenvalue weighted by Crippen LogP contribution is -2.08. The van der Waals surface area contributed by atoms with Crippen LogP contribution in [0, 0.1) is 17.8 Å². The topological polar surface area (TPSA) is 29.4 Å². The third-order valence-electron chi connectivity index (χ3n) is 2.85. The monoisotopic (exact) mass is 215 g/mol. The fraction of sp³-hybridized carbons (Fsp3) is 0.818. The first-order valence-corrected chi connectivity index (χ1v) is 7.23.